The largest absolute Gasteiger partial charge is 0.397 e. The van der Waals surface area contributed by atoms with Crippen LogP contribution in [-0.2, 0) is 0 Å². The number of guanidine groups is 1. The number of halogens is 1. The number of fused-ring (bicyclic) bond motifs is 1. The summed E-state index contributed by atoms with van der Waals surface area (Å²) >= 11 is 0. The quantitative estimate of drug-likeness (QED) is 0.455. The van der Waals surface area contributed by atoms with Crippen LogP contribution < -0.4 is 22.1 Å². The van der Waals surface area contributed by atoms with Crippen molar-refractivity contribution in [2.24, 2.45) is 4.99 Å². The minimum absolute atomic E-state index is 0.0338. The summed E-state index contributed by atoms with van der Waals surface area (Å²) in [5.74, 6) is -0.0950. The second kappa shape index (κ2) is 5.98. The first-order valence-electron chi connectivity index (χ1n) is 7.21. The Morgan fingerprint density at radius 1 is 1.32 bits per heavy atom. The van der Waals surface area contributed by atoms with Crippen molar-refractivity contribution in [1.82, 2.24) is 10.3 Å². The number of benzene rings is 1. The molecule has 6 N–H and O–H groups in total. The lowest BCUT2D eigenvalue weighted by Crippen LogP contribution is -2.33. The van der Waals surface area contributed by atoms with E-state index in [1.54, 1.807) is 19.2 Å². The number of aryl methyl sites for hydroxylation is 1. The molecule has 1 aliphatic heterocycles. The van der Waals surface area contributed by atoms with Gasteiger partial charge in [-0.3, -0.25) is 5.32 Å². The zero-order chi connectivity index (χ0) is 18.1. The Labute approximate surface area is 142 Å². The fourth-order valence-corrected chi connectivity index (χ4v) is 2.71. The number of nitrogens with zero attached hydrogens (tertiary/aromatic N) is 4. The third-order valence-electron chi connectivity index (χ3n) is 3.89. The van der Waals surface area contributed by atoms with Crippen LogP contribution in [0.15, 0.2) is 23.2 Å². The summed E-state index contributed by atoms with van der Waals surface area (Å²) in [6.07, 6.45) is 1.76. The van der Waals surface area contributed by atoms with Gasteiger partial charge in [0.1, 0.15) is 35.1 Å². The van der Waals surface area contributed by atoms with E-state index in [-0.39, 0.29) is 28.8 Å². The Bertz CT molecular complexity index is 983. The molecule has 0 fully saturated rings. The fourth-order valence-electron chi connectivity index (χ4n) is 2.71. The van der Waals surface area contributed by atoms with Crippen LogP contribution in [-0.4, -0.2) is 10.9 Å². The lowest BCUT2D eigenvalue weighted by molar-refractivity contribution is 0.622. The van der Waals surface area contributed by atoms with E-state index in [0.29, 0.717) is 11.1 Å². The Balaban J connectivity index is 2.30. The predicted molar refractivity (Wildman–Crippen MR) is 90.6 cm³/mol. The van der Waals surface area contributed by atoms with Crippen molar-refractivity contribution in [3.05, 3.63) is 46.3 Å². The molecule has 0 radical (unpaired) electrons. The molecular weight excluding hydrogens is 323 g/mol. The van der Waals surface area contributed by atoms with Gasteiger partial charge >= 0.3 is 0 Å². The van der Waals surface area contributed by atoms with E-state index in [0.717, 1.165) is 5.56 Å². The van der Waals surface area contributed by atoms with Crippen LogP contribution in [0.25, 0.3) is 0 Å². The smallest absolute Gasteiger partial charge is 0.211 e. The molecule has 0 saturated carbocycles. The summed E-state index contributed by atoms with van der Waals surface area (Å²) in [7, 11) is 0. The maximum absolute atomic E-state index is 13.8. The summed E-state index contributed by atoms with van der Waals surface area (Å²) in [5, 5.41) is 23.3. The monoisotopic (exact) mass is 336 g/mol. The summed E-state index contributed by atoms with van der Waals surface area (Å²) < 4.78 is 13.8. The second-order valence-corrected chi connectivity index (χ2v) is 5.40. The number of rotatable bonds is 1. The number of aromatic nitrogens is 1. The van der Waals surface area contributed by atoms with E-state index in [4.69, 9.17) is 16.7 Å². The Kier molecular flexibility index (Phi) is 3.83. The first-order valence-corrected chi connectivity index (χ1v) is 7.21. The van der Waals surface area contributed by atoms with E-state index in [9.17, 15) is 9.65 Å². The minimum Gasteiger partial charge on any atom is -0.397 e. The van der Waals surface area contributed by atoms with Crippen molar-refractivity contribution in [2.45, 2.75) is 13.0 Å². The maximum Gasteiger partial charge on any atom is 0.211 e. The lowest BCUT2D eigenvalue weighted by atomic mass is 9.92. The predicted octanol–water partition coefficient (Wildman–Crippen LogP) is 1.51. The molecule has 8 nitrogen and oxygen atoms in total. The topological polar surface area (TPSA) is 149 Å². The van der Waals surface area contributed by atoms with Crippen molar-refractivity contribution in [2.75, 3.05) is 16.8 Å². The normalized spacial score (nSPS) is 15.2. The number of nitrogens with one attached hydrogen (secondary N) is 2. The molecule has 1 aromatic heterocycles. The standard InChI is InChI=1S/C16H13FN8/c1-7-2-3-8(17)4-9(7)13-11-12(20)10(5-18)14(21)24-15(11)25-16(23-13)22-6-19/h2-4,13H,1H3,(H6,20,21,22,23,24,25). The van der Waals surface area contributed by atoms with Crippen molar-refractivity contribution < 1.29 is 4.39 Å². The van der Waals surface area contributed by atoms with E-state index in [2.05, 4.69) is 20.6 Å². The summed E-state index contributed by atoms with van der Waals surface area (Å²) in [6, 6.07) is 5.46. The van der Waals surface area contributed by atoms with Gasteiger partial charge in [0.05, 0.1) is 5.69 Å². The van der Waals surface area contributed by atoms with Gasteiger partial charge in [-0.15, -0.1) is 0 Å². The Hall–Kier alpha value is -3.85. The molecule has 0 bridgehead atoms. The van der Waals surface area contributed by atoms with E-state index < -0.39 is 11.9 Å². The van der Waals surface area contributed by atoms with E-state index >= 15 is 0 Å². The molecule has 0 spiro atoms. The van der Waals surface area contributed by atoms with Gasteiger partial charge in [0, 0.05) is 5.56 Å². The van der Waals surface area contributed by atoms with Gasteiger partial charge in [-0.1, -0.05) is 6.07 Å². The molecule has 2 aromatic rings. The summed E-state index contributed by atoms with van der Waals surface area (Å²) in [6.45, 7) is 1.80. The average molecular weight is 336 g/mol. The number of hydrogen-bond donors (Lipinski definition) is 4. The third kappa shape index (κ3) is 2.64. The molecule has 0 amide bonds. The summed E-state index contributed by atoms with van der Waals surface area (Å²) in [4.78, 5) is 8.53. The Morgan fingerprint density at radius 2 is 2.08 bits per heavy atom. The average Bonchev–Trinajstić information content (AvgIpc) is 2.57. The molecular formula is C16H13FN8. The molecule has 1 aliphatic rings. The lowest BCUT2D eigenvalue weighted by Gasteiger charge is -2.27. The van der Waals surface area contributed by atoms with Crippen LogP contribution in [0.2, 0.25) is 0 Å². The molecule has 9 heteroatoms. The van der Waals surface area contributed by atoms with Gasteiger partial charge in [0.15, 0.2) is 6.19 Å². The molecule has 3 rings (SSSR count). The van der Waals surface area contributed by atoms with E-state index in [1.165, 1.54) is 12.1 Å². The number of hydrogen-bond acceptors (Lipinski definition) is 8. The van der Waals surface area contributed by atoms with Crippen LogP contribution in [0.5, 0.6) is 0 Å². The highest BCUT2D eigenvalue weighted by Gasteiger charge is 2.30. The highest BCUT2D eigenvalue weighted by molar-refractivity contribution is 5.98. The molecule has 1 unspecified atom stereocenters. The molecule has 1 aromatic carbocycles. The number of aliphatic imine (C=N–C) groups is 1. The van der Waals surface area contributed by atoms with Crippen molar-refractivity contribution in [3.63, 3.8) is 0 Å². The highest BCUT2D eigenvalue weighted by Crippen LogP contribution is 2.41. The SMILES string of the molecule is Cc1ccc(F)cc1C1N=C(NC#N)Nc2nc(N)c(C#N)c(N)c21. The maximum atomic E-state index is 13.8. The van der Waals surface area contributed by atoms with Gasteiger partial charge in [-0.2, -0.15) is 10.5 Å². The zero-order valence-corrected chi connectivity index (χ0v) is 13.1. The first-order chi connectivity index (χ1) is 12.0. The second-order valence-electron chi connectivity index (χ2n) is 5.40. The number of nitriles is 2. The number of pyridine rings is 1. The van der Waals surface area contributed by atoms with Gasteiger partial charge in [-0.05, 0) is 30.2 Å². The molecule has 0 saturated heterocycles. The minimum atomic E-state index is -0.747. The van der Waals surface area contributed by atoms with E-state index in [1.807, 2.05) is 6.07 Å². The zero-order valence-electron chi connectivity index (χ0n) is 13.1. The van der Waals surface area contributed by atoms with Crippen LogP contribution in [0.3, 0.4) is 0 Å². The van der Waals surface area contributed by atoms with Gasteiger partial charge in [0.2, 0.25) is 5.96 Å². The molecule has 2 heterocycles. The third-order valence-corrected chi connectivity index (χ3v) is 3.89. The Morgan fingerprint density at radius 3 is 2.76 bits per heavy atom. The molecule has 0 aliphatic carbocycles. The van der Waals surface area contributed by atoms with Gasteiger partial charge in [-0.25, -0.2) is 14.4 Å². The van der Waals surface area contributed by atoms with Crippen molar-refractivity contribution in [3.8, 4) is 12.3 Å². The summed E-state index contributed by atoms with van der Waals surface area (Å²) in [5.41, 5.74) is 13.8. The number of nitrogen functional groups attached to an aromatic ring is 2. The van der Waals surface area contributed by atoms with Crippen LogP contribution >= 0.6 is 0 Å². The van der Waals surface area contributed by atoms with Crippen molar-refractivity contribution in [1.29, 1.82) is 10.5 Å². The van der Waals surface area contributed by atoms with Crippen LogP contribution in [0, 0.1) is 35.5 Å². The number of nitrogens with two attached hydrogens (primary N) is 2. The molecule has 25 heavy (non-hydrogen) atoms. The molecule has 1 atom stereocenters. The van der Waals surface area contributed by atoms with Crippen molar-refractivity contribution >= 4 is 23.3 Å². The van der Waals surface area contributed by atoms with Crippen LogP contribution in [0.4, 0.5) is 21.7 Å². The van der Waals surface area contributed by atoms with Crippen LogP contribution in [0.1, 0.15) is 28.3 Å². The van der Waals surface area contributed by atoms with Gasteiger partial charge < -0.3 is 16.8 Å². The molecule has 124 valence electrons. The first kappa shape index (κ1) is 16.0. The fraction of sp³-hybridized carbons (Fsp3) is 0.125. The highest BCUT2D eigenvalue weighted by atomic mass is 19.1. The number of anilines is 3. The van der Waals surface area contributed by atoms with Gasteiger partial charge in [0.25, 0.3) is 0 Å².